The van der Waals surface area contributed by atoms with Crippen molar-refractivity contribution in [1.82, 2.24) is 9.36 Å². The van der Waals surface area contributed by atoms with Gasteiger partial charge in [-0.3, -0.25) is 9.59 Å². The van der Waals surface area contributed by atoms with Crippen LogP contribution in [-0.2, 0) is 35.5 Å². The second-order valence-corrected chi connectivity index (χ2v) is 8.02. The van der Waals surface area contributed by atoms with Crippen molar-refractivity contribution in [2.45, 2.75) is 67.4 Å². The first kappa shape index (κ1) is 17.5. The van der Waals surface area contributed by atoms with E-state index in [4.69, 9.17) is 13.6 Å². The van der Waals surface area contributed by atoms with Crippen LogP contribution in [0.25, 0.3) is 11.1 Å². The van der Waals surface area contributed by atoms with Crippen molar-refractivity contribution in [2.75, 3.05) is 13.2 Å². The summed E-state index contributed by atoms with van der Waals surface area (Å²) in [5, 5.41) is 0. The van der Waals surface area contributed by atoms with Crippen LogP contribution >= 0.6 is 0 Å². The Labute approximate surface area is 176 Å². The summed E-state index contributed by atoms with van der Waals surface area (Å²) in [7, 11) is 0. The number of carbonyl (C=O) groups excluding carboxylic acids is 1. The molecule has 0 saturated heterocycles. The molecule has 0 N–H and O–H groups in total. The molecule has 0 atom stereocenters. The van der Waals surface area contributed by atoms with Gasteiger partial charge >= 0.3 is 5.97 Å². The fraction of sp³-hybridized carbons (Fsp3) is 0.565. The van der Waals surface area contributed by atoms with Crippen LogP contribution in [0, 0.1) is 12.3 Å². The van der Waals surface area contributed by atoms with Gasteiger partial charge in [-0.1, -0.05) is 31.5 Å². The zero-order valence-electron chi connectivity index (χ0n) is 20.9. The van der Waals surface area contributed by atoms with E-state index >= 15 is 0 Å². The van der Waals surface area contributed by atoms with E-state index in [-0.39, 0.29) is 11.4 Å². The van der Waals surface area contributed by atoms with E-state index in [1.807, 2.05) is 32.9 Å². The SMILES string of the molecule is [2H]C([2H])([2H])C(C)(C)C(=O)Oc1c(-c2c(CC)cc(C)cc2CC)c(=O)n2n1CCOCC2. The van der Waals surface area contributed by atoms with Crippen molar-refractivity contribution >= 4 is 5.97 Å². The molecule has 6 heteroatoms. The molecule has 2 aromatic rings. The van der Waals surface area contributed by atoms with Crippen molar-refractivity contribution in [3.63, 3.8) is 0 Å². The van der Waals surface area contributed by atoms with Crippen LogP contribution in [0.3, 0.4) is 0 Å². The molecule has 0 saturated carbocycles. The number of carbonyl (C=O) groups is 1. The molecule has 2 heterocycles. The highest BCUT2D eigenvalue weighted by Crippen LogP contribution is 2.36. The number of nitrogens with zero attached hydrogens (tertiary/aromatic N) is 2. The van der Waals surface area contributed by atoms with E-state index in [1.54, 1.807) is 4.68 Å². The molecular formula is C23H32N2O4. The van der Waals surface area contributed by atoms with Gasteiger partial charge in [-0.25, -0.2) is 9.36 Å². The monoisotopic (exact) mass is 403 g/mol. The highest BCUT2D eigenvalue weighted by Gasteiger charge is 2.32. The molecule has 1 aromatic carbocycles. The molecule has 0 aliphatic carbocycles. The zero-order chi connectivity index (χ0) is 23.8. The number of hydrogen-bond donors (Lipinski definition) is 0. The molecule has 3 rings (SSSR count). The lowest BCUT2D eigenvalue weighted by Gasteiger charge is -2.19. The Morgan fingerprint density at radius 2 is 1.72 bits per heavy atom. The molecule has 0 unspecified atom stereocenters. The predicted octanol–water partition coefficient (Wildman–Crippen LogP) is 3.73. The third-order valence-corrected chi connectivity index (χ3v) is 5.24. The molecule has 1 aromatic heterocycles. The smallest absolute Gasteiger partial charge is 0.317 e. The molecule has 0 fully saturated rings. The van der Waals surface area contributed by atoms with E-state index in [0.29, 0.717) is 44.7 Å². The summed E-state index contributed by atoms with van der Waals surface area (Å²) in [6.45, 7) is 7.54. The molecular weight excluding hydrogens is 368 g/mol. The molecule has 0 bridgehead atoms. The van der Waals surface area contributed by atoms with Crippen LogP contribution in [0.5, 0.6) is 5.88 Å². The summed E-state index contributed by atoms with van der Waals surface area (Å²) in [6.07, 6.45) is 1.40. The van der Waals surface area contributed by atoms with E-state index in [9.17, 15) is 9.59 Å². The number of fused-ring (bicyclic) bond motifs is 1. The van der Waals surface area contributed by atoms with E-state index in [2.05, 4.69) is 0 Å². The van der Waals surface area contributed by atoms with E-state index in [1.165, 1.54) is 18.5 Å². The normalized spacial score (nSPS) is 16.4. The summed E-state index contributed by atoms with van der Waals surface area (Å²) in [6, 6.07) is 4.09. The number of aromatic nitrogens is 2. The molecule has 0 spiro atoms. The van der Waals surface area contributed by atoms with Gasteiger partial charge in [0.05, 0.1) is 31.7 Å². The summed E-state index contributed by atoms with van der Waals surface area (Å²) in [4.78, 5) is 26.7. The lowest BCUT2D eigenvalue weighted by molar-refractivity contribution is -0.143. The molecule has 0 radical (unpaired) electrons. The van der Waals surface area contributed by atoms with Gasteiger partial charge in [-0.05, 0) is 57.2 Å². The van der Waals surface area contributed by atoms with Gasteiger partial charge in [-0.15, -0.1) is 0 Å². The van der Waals surface area contributed by atoms with Gasteiger partial charge in [0.1, 0.15) is 5.56 Å². The summed E-state index contributed by atoms with van der Waals surface area (Å²) in [5.41, 5.74) is 2.16. The van der Waals surface area contributed by atoms with Gasteiger partial charge < -0.3 is 9.47 Å². The maximum absolute atomic E-state index is 13.6. The van der Waals surface area contributed by atoms with E-state index in [0.717, 1.165) is 22.3 Å². The van der Waals surface area contributed by atoms with Crippen LogP contribution in [0.1, 0.15) is 55.3 Å². The maximum Gasteiger partial charge on any atom is 0.317 e. The number of aryl methyl sites for hydroxylation is 3. The second kappa shape index (κ2) is 8.19. The topological polar surface area (TPSA) is 62.5 Å². The number of esters is 1. The molecule has 1 aliphatic heterocycles. The van der Waals surface area contributed by atoms with Crippen LogP contribution < -0.4 is 10.3 Å². The van der Waals surface area contributed by atoms with Crippen molar-refractivity contribution in [3.05, 3.63) is 39.2 Å². The number of rotatable bonds is 4. The van der Waals surface area contributed by atoms with Crippen LogP contribution in [0.4, 0.5) is 0 Å². The Balaban J connectivity index is 2.30. The van der Waals surface area contributed by atoms with Gasteiger partial charge in [0.2, 0.25) is 5.88 Å². The lowest BCUT2D eigenvalue weighted by atomic mass is 9.91. The first-order valence-corrected chi connectivity index (χ1v) is 10.2. The average molecular weight is 404 g/mol. The Hall–Kier alpha value is -2.34. The fourth-order valence-corrected chi connectivity index (χ4v) is 3.77. The van der Waals surface area contributed by atoms with Crippen molar-refractivity contribution < 1.29 is 18.4 Å². The first-order valence-electron chi connectivity index (χ1n) is 11.7. The van der Waals surface area contributed by atoms with Gasteiger partial charge in [0.15, 0.2) is 0 Å². The molecule has 1 aliphatic rings. The molecule has 6 nitrogen and oxygen atoms in total. The average Bonchev–Trinajstić information content (AvgIpc) is 2.88. The predicted molar refractivity (Wildman–Crippen MR) is 114 cm³/mol. The summed E-state index contributed by atoms with van der Waals surface area (Å²) < 4.78 is 37.8. The maximum atomic E-state index is 13.6. The standard InChI is InChI=1S/C23H32N2O4/c1-7-16-13-15(3)14-17(8-2)18(16)19-20(26)24-9-11-28-12-10-25(24)21(19)29-22(27)23(4,5)6/h13-14H,7-12H2,1-6H3/i4D3. The Morgan fingerprint density at radius 3 is 2.28 bits per heavy atom. The zero-order valence-corrected chi connectivity index (χ0v) is 17.9. The Bertz CT molecular complexity index is 1060. The summed E-state index contributed by atoms with van der Waals surface area (Å²) in [5.74, 6) is -0.802. The summed E-state index contributed by atoms with van der Waals surface area (Å²) >= 11 is 0. The number of ether oxygens (including phenoxy) is 2. The molecule has 158 valence electrons. The minimum Gasteiger partial charge on any atom is -0.407 e. The van der Waals surface area contributed by atoms with Crippen molar-refractivity contribution in [1.29, 1.82) is 0 Å². The minimum atomic E-state index is -2.55. The Morgan fingerprint density at radius 1 is 1.14 bits per heavy atom. The molecule has 0 amide bonds. The van der Waals surface area contributed by atoms with Crippen LogP contribution in [0.15, 0.2) is 16.9 Å². The van der Waals surface area contributed by atoms with Gasteiger partial charge in [0, 0.05) is 4.11 Å². The third-order valence-electron chi connectivity index (χ3n) is 5.24. The van der Waals surface area contributed by atoms with Crippen LogP contribution in [-0.4, -0.2) is 28.5 Å². The first-order chi connectivity index (χ1) is 14.9. The second-order valence-electron chi connectivity index (χ2n) is 8.02. The number of hydrogen-bond acceptors (Lipinski definition) is 4. The van der Waals surface area contributed by atoms with Crippen molar-refractivity contribution in [3.8, 4) is 17.0 Å². The van der Waals surface area contributed by atoms with E-state index < -0.39 is 18.2 Å². The quantitative estimate of drug-likeness (QED) is 0.730. The lowest BCUT2D eigenvalue weighted by Crippen LogP contribution is -2.27. The Kier molecular flexibility index (Phi) is 4.94. The van der Waals surface area contributed by atoms with Gasteiger partial charge in [0.25, 0.3) is 5.56 Å². The van der Waals surface area contributed by atoms with Crippen LogP contribution in [0.2, 0.25) is 0 Å². The largest absolute Gasteiger partial charge is 0.407 e. The fourth-order valence-electron chi connectivity index (χ4n) is 3.77. The third kappa shape index (κ3) is 4.04. The molecule has 29 heavy (non-hydrogen) atoms. The van der Waals surface area contributed by atoms with Gasteiger partial charge in [-0.2, -0.15) is 0 Å². The highest BCUT2D eigenvalue weighted by atomic mass is 16.5. The number of benzene rings is 1. The highest BCUT2D eigenvalue weighted by molar-refractivity contribution is 5.82. The minimum absolute atomic E-state index is 0.0936. The van der Waals surface area contributed by atoms with Crippen molar-refractivity contribution in [2.24, 2.45) is 5.41 Å².